The molecule has 1 unspecified atom stereocenters. The van der Waals surface area contributed by atoms with E-state index in [0.717, 1.165) is 29.3 Å². The Bertz CT molecular complexity index is 770. The van der Waals surface area contributed by atoms with Crippen molar-refractivity contribution in [1.29, 1.82) is 0 Å². The molecule has 0 spiro atoms. The Balaban J connectivity index is 1.63. The molecule has 2 atom stereocenters. The summed E-state index contributed by atoms with van der Waals surface area (Å²) in [7, 11) is 0. The van der Waals surface area contributed by atoms with Gasteiger partial charge in [-0.25, -0.2) is 0 Å². The van der Waals surface area contributed by atoms with Gasteiger partial charge in [0, 0.05) is 23.9 Å². The highest BCUT2D eigenvalue weighted by Crippen LogP contribution is 2.39. The highest BCUT2D eigenvalue weighted by molar-refractivity contribution is 5.99. The Labute approximate surface area is 148 Å². The number of aromatic amines is 1. The Morgan fingerprint density at radius 3 is 3.08 bits per heavy atom. The molecule has 1 aliphatic carbocycles. The number of H-pyrrole nitrogens is 1. The maximum absolute atomic E-state index is 6.65. The molecule has 134 valence electrons. The summed E-state index contributed by atoms with van der Waals surface area (Å²) in [4.78, 5) is 4.89. The molecule has 2 aliphatic rings. The average Bonchev–Trinajstić information content (AvgIpc) is 3.11. The van der Waals surface area contributed by atoms with Gasteiger partial charge in [-0.05, 0) is 44.4 Å². The van der Waals surface area contributed by atoms with Crippen LogP contribution in [0, 0.1) is 0 Å². The lowest BCUT2D eigenvalue weighted by molar-refractivity contribution is 0.393. The molecule has 7 heteroatoms. The van der Waals surface area contributed by atoms with E-state index in [9.17, 15) is 0 Å². The Hall–Kier alpha value is -2.28. The zero-order valence-corrected chi connectivity index (χ0v) is 14.9. The van der Waals surface area contributed by atoms with E-state index in [1.807, 2.05) is 23.0 Å². The molecule has 2 aromatic rings. The third-order valence-electron chi connectivity index (χ3n) is 4.95. The van der Waals surface area contributed by atoms with Crippen molar-refractivity contribution >= 4 is 5.84 Å². The van der Waals surface area contributed by atoms with E-state index in [-0.39, 0.29) is 6.04 Å². The van der Waals surface area contributed by atoms with Crippen molar-refractivity contribution in [2.24, 2.45) is 10.7 Å². The predicted molar refractivity (Wildman–Crippen MR) is 98.9 cm³/mol. The van der Waals surface area contributed by atoms with Crippen LogP contribution in [0.15, 0.2) is 29.4 Å². The molecule has 1 fully saturated rings. The number of hydrogen-bond donors (Lipinski definition) is 4. The average molecular weight is 341 g/mol. The molecule has 4 rings (SSSR count). The molecule has 0 amide bonds. The van der Waals surface area contributed by atoms with Gasteiger partial charge in [-0.15, -0.1) is 0 Å². The van der Waals surface area contributed by atoms with Gasteiger partial charge in [-0.1, -0.05) is 19.8 Å². The number of rotatable bonds is 6. The van der Waals surface area contributed by atoms with E-state index >= 15 is 0 Å². The number of nitrogens with two attached hydrogens (primary N) is 1. The summed E-state index contributed by atoms with van der Waals surface area (Å²) < 4.78 is 1.92. The lowest BCUT2D eigenvalue weighted by Crippen LogP contribution is -2.65. The number of aromatic nitrogens is 3. The van der Waals surface area contributed by atoms with E-state index in [1.54, 1.807) is 0 Å². The fraction of sp³-hybridized carbons (Fsp3) is 0.556. The maximum atomic E-state index is 6.65. The van der Waals surface area contributed by atoms with Gasteiger partial charge < -0.3 is 5.32 Å². The van der Waals surface area contributed by atoms with Gasteiger partial charge >= 0.3 is 0 Å². The molecule has 0 bridgehead atoms. The number of aliphatic imine (C=N–C) groups is 1. The number of hydrogen-bond acceptors (Lipinski definition) is 4. The maximum Gasteiger partial charge on any atom is 0.223 e. The highest BCUT2D eigenvalue weighted by Gasteiger charge is 2.38. The van der Waals surface area contributed by atoms with Crippen LogP contribution in [0.25, 0.3) is 0 Å². The summed E-state index contributed by atoms with van der Waals surface area (Å²) in [6.07, 6.45) is 7.83. The molecule has 1 saturated carbocycles. The Morgan fingerprint density at radius 2 is 2.32 bits per heavy atom. The van der Waals surface area contributed by atoms with Crippen LogP contribution in [0.5, 0.6) is 0 Å². The molecule has 3 heterocycles. The third kappa shape index (κ3) is 3.16. The fourth-order valence-electron chi connectivity index (χ4n) is 3.29. The van der Waals surface area contributed by atoms with Crippen LogP contribution in [-0.2, 0) is 5.79 Å². The second kappa shape index (κ2) is 6.22. The molecule has 1 aliphatic heterocycles. The molecule has 0 aromatic carbocycles. The van der Waals surface area contributed by atoms with Gasteiger partial charge in [0.05, 0.1) is 0 Å². The van der Waals surface area contributed by atoms with Gasteiger partial charge in [0.1, 0.15) is 11.4 Å². The van der Waals surface area contributed by atoms with Crippen LogP contribution < -0.4 is 16.5 Å². The van der Waals surface area contributed by atoms with Crippen LogP contribution in [-0.4, -0.2) is 26.8 Å². The van der Waals surface area contributed by atoms with Gasteiger partial charge in [0.15, 0.2) is 5.84 Å². The number of nitrogens with one attached hydrogen (secondary N) is 3. The van der Waals surface area contributed by atoms with Crippen molar-refractivity contribution in [3.63, 3.8) is 0 Å². The van der Waals surface area contributed by atoms with Gasteiger partial charge in [-0.2, -0.15) is 5.10 Å². The van der Waals surface area contributed by atoms with E-state index in [4.69, 9.17) is 10.7 Å². The zero-order chi connectivity index (χ0) is 17.4. The van der Waals surface area contributed by atoms with Gasteiger partial charge in [0.25, 0.3) is 0 Å². The lowest BCUT2D eigenvalue weighted by atomic mass is 10.1. The van der Waals surface area contributed by atoms with E-state index in [0.29, 0.717) is 5.92 Å². The quantitative estimate of drug-likeness (QED) is 0.648. The summed E-state index contributed by atoms with van der Waals surface area (Å²) >= 11 is 0. The van der Waals surface area contributed by atoms with Crippen LogP contribution in [0.2, 0.25) is 0 Å². The molecule has 2 aromatic heterocycles. The SMILES string of the molecule is CCCC[C@H](C)N=C1NC(N)(c2cc(C3CC3)[nH]n2)Nn2cccc21. The van der Waals surface area contributed by atoms with Crippen LogP contribution in [0.4, 0.5) is 0 Å². The Morgan fingerprint density at radius 1 is 1.48 bits per heavy atom. The van der Waals surface area contributed by atoms with Crippen molar-refractivity contribution < 1.29 is 0 Å². The molecule has 7 nitrogen and oxygen atoms in total. The molecular formula is C18H27N7. The largest absolute Gasteiger partial charge is 0.328 e. The minimum absolute atomic E-state index is 0.245. The van der Waals surface area contributed by atoms with Crippen molar-refractivity contribution in [3.8, 4) is 0 Å². The van der Waals surface area contributed by atoms with E-state index in [2.05, 4.69) is 40.9 Å². The lowest BCUT2D eigenvalue weighted by Gasteiger charge is -2.37. The molecular weight excluding hydrogens is 314 g/mol. The third-order valence-corrected chi connectivity index (χ3v) is 4.95. The first-order valence-corrected chi connectivity index (χ1v) is 9.25. The molecule has 5 N–H and O–H groups in total. The molecule has 0 saturated heterocycles. The summed E-state index contributed by atoms with van der Waals surface area (Å²) in [6.45, 7) is 4.35. The van der Waals surface area contributed by atoms with Crippen LogP contribution in [0.3, 0.4) is 0 Å². The summed E-state index contributed by atoms with van der Waals surface area (Å²) in [5.41, 5.74) is 12.9. The number of amidine groups is 1. The number of nitrogens with zero attached hydrogens (tertiary/aromatic N) is 3. The first-order chi connectivity index (χ1) is 12.1. The van der Waals surface area contributed by atoms with Gasteiger partial charge in [-0.3, -0.25) is 25.9 Å². The fourth-order valence-corrected chi connectivity index (χ4v) is 3.29. The molecule has 25 heavy (non-hydrogen) atoms. The first-order valence-electron chi connectivity index (χ1n) is 9.25. The second-order valence-electron chi connectivity index (χ2n) is 7.26. The zero-order valence-electron chi connectivity index (χ0n) is 14.9. The van der Waals surface area contributed by atoms with E-state index < -0.39 is 5.79 Å². The van der Waals surface area contributed by atoms with E-state index in [1.165, 1.54) is 25.7 Å². The van der Waals surface area contributed by atoms with Crippen molar-refractivity contribution in [1.82, 2.24) is 20.2 Å². The van der Waals surface area contributed by atoms with Crippen molar-refractivity contribution in [3.05, 3.63) is 41.5 Å². The topological polar surface area (TPSA) is 96.0 Å². The monoisotopic (exact) mass is 341 g/mol. The number of fused-ring (bicyclic) bond motifs is 1. The van der Waals surface area contributed by atoms with Crippen LogP contribution in [0.1, 0.15) is 69.0 Å². The summed E-state index contributed by atoms with van der Waals surface area (Å²) in [5, 5.41) is 11.0. The predicted octanol–water partition coefficient (Wildman–Crippen LogP) is 2.33. The second-order valence-corrected chi connectivity index (χ2v) is 7.26. The standard InChI is InChI=1S/C18H27N7/c1-3-4-6-12(2)20-17-15-7-5-10-25(15)24-18(19,21-17)16-11-14(22-23-16)13-8-9-13/h5,7,10-13,24H,3-4,6,8-9,19H2,1-2H3,(H,20,21)(H,22,23)/t12-,18?/m0/s1. The molecule has 0 radical (unpaired) electrons. The summed E-state index contributed by atoms with van der Waals surface area (Å²) in [6, 6.07) is 6.33. The van der Waals surface area contributed by atoms with Crippen LogP contribution >= 0.6 is 0 Å². The Kier molecular flexibility index (Phi) is 4.03. The minimum atomic E-state index is -0.987. The summed E-state index contributed by atoms with van der Waals surface area (Å²) in [5.74, 6) is 0.433. The smallest absolute Gasteiger partial charge is 0.223 e. The van der Waals surface area contributed by atoms with Gasteiger partial charge in [0.2, 0.25) is 5.79 Å². The van der Waals surface area contributed by atoms with Crippen molar-refractivity contribution in [2.75, 3.05) is 5.43 Å². The normalized spacial score (nSPS) is 25.3. The minimum Gasteiger partial charge on any atom is -0.328 e. The van der Waals surface area contributed by atoms with Crippen molar-refractivity contribution in [2.45, 2.75) is 63.7 Å². The highest BCUT2D eigenvalue weighted by atomic mass is 15.6. The number of unbranched alkanes of at least 4 members (excludes halogenated alkanes) is 1. The first kappa shape index (κ1) is 16.2.